The number of anilines is 1. The number of hydrogen-bond acceptors (Lipinski definition) is 3. The highest BCUT2D eigenvalue weighted by Crippen LogP contribution is 2.61. The van der Waals surface area contributed by atoms with Gasteiger partial charge in [-0.15, -0.1) is 0 Å². The summed E-state index contributed by atoms with van der Waals surface area (Å²) in [6.07, 6.45) is 12.0. The smallest absolute Gasteiger partial charge is 0.222 e. The van der Waals surface area contributed by atoms with E-state index in [0.29, 0.717) is 16.5 Å². The molecule has 0 radical (unpaired) electrons. The average Bonchev–Trinajstić information content (AvgIpc) is 2.40. The van der Waals surface area contributed by atoms with E-state index in [1.165, 1.54) is 38.5 Å². The molecular formula is C16H22ClN3. The third kappa shape index (κ3) is 2.11. The molecule has 0 saturated heterocycles. The molecule has 4 bridgehead atoms. The van der Waals surface area contributed by atoms with Crippen molar-refractivity contribution in [1.82, 2.24) is 9.97 Å². The normalized spacial score (nSPS) is 39.8. The van der Waals surface area contributed by atoms with Gasteiger partial charge < -0.3 is 5.32 Å². The largest absolute Gasteiger partial charge is 0.351 e. The monoisotopic (exact) mass is 291 g/mol. The van der Waals surface area contributed by atoms with Crippen LogP contribution in [0.15, 0.2) is 12.4 Å². The highest BCUT2D eigenvalue weighted by atomic mass is 35.5. The molecule has 0 aromatic carbocycles. The van der Waals surface area contributed by atoms with Crippen LogP contribution in [-0.2, 0) is 0 Å². The van der Waals surface area contributed by atoms with E-state index < -0.39 is 0 Å². The van der Waals surface area contributed by atoms with Gasteiger partial charge in [-0.25, -0.2) is 9.97 Å². The van der Waals surface area contributed by atoms with Gasteiger partial charge in [0.15, 0.2) is 0 Å². The summed E-state index contributed by atoms with van der Waals surface area (Å²) >= 11 is 5.85. The number of nitrogens with one attached hydrogen (secondary N) is 1. The van der Waals surface area contributed by atoms with Gasteiger partial charge >= 0.3 is 0 Å². The summed E-state index contributed by atoms with van der Waals surface area (Å²) in [6, 6.07) is 0.456. The third-order valence-corrected chi connectivity index (χ3v) is 6.17. The number of halogens is 1. The highest BCUT2D eigenvalue weighted by Gasteiger charge is 2.53. The maximum absolute atomic E-state index is 5.85. The first-order valence-corrected chi connectivity index (χ1v) is 8.25. The van der Waals surface area contributed by atoms with Gasteiger partial charge in [-0.1, -0.05) is 11.6 Å². The van der Waals surface area contributed by atoms with E-state index in [1.807, 2.05) is 0 Å². The maximum atomic E-state index is 5.85. The van der Waals surface area contributed by atoms with Crippen molar-refractivity contribution in [2.24, 2.45) is 23.2 Å². The van der Waals surface area contributed by atoms with Crippen LogP contribution in [0.2, 0.25) is 5.02 Å². The van der Waals surface area contributed by atoms with E-state index in [9.17, 15) is 0 Å². The van der Waals surface area contributed by atoms with Crippen LogP contribution in [0.25, 0.3) is 0 Å². The summed E-state index contributed by atoms with van der Waals surface area (Å²) < 4.78 is 0. The summed E-state index contributed by atoms with van der Waals surface area (Å²) in [5.41, 5.74) is 0.484. The lowest BCUT2D eigenvalue weighted by atomic mass is 9.48. The van der Waals surface area contributed by atoms with Crippen molar-refractivity contribution >= 4 is 17.5 Å². The molecular weight excluding hydrogens is 270 g/mol. The van der Waals surface area contributed by atoms with Gasteiger partial charge in [-0.05, 0) is 68.6 Å². The second-order valence-corrected chi connectivity index (χ2v) is 7.81. The summed E-state index contributed by atoms with van der Waals surface area (Å²) in [7, 11) is 0. The number of aromatic nitrogens is 2. The SMILES string of the molecule is CC(Nc1ncc(Cl)cn1)C12CC3CC(CC(C3)C1)C2. The van der Waals surface area contributed by atoms with Crippen molar-refractivity contribution in [1.29, 1.82) is 0 Å². The third-order valence-electron chi connectivity index (χ3n) is 5.97. The second-order valence-electron chi connectivity index (χ2n) is 7.37. The first-order valence-electron chi connectivity index (χ1n) is 7.87. The van der Waals surface area contributed by atoms with Crippen LogP contribution >= 0.6 is 11.6 Å². The highest BCUT2D eigenvalue weighted by molar-refractivity contribution is 6.30. The summed E-state index contributed by atoms with van der Waals surface area (Å²) in [6.45, 7) is 2.32. The molecule has 4 aliphatic rings. The number of nitrogens with zero attached hydrogens (tertiary/aromatic N) is 2. The molecule has 0 spiro atoms. The quantitative estimate of drug-likeness (QED) is 0.909. The lowest BCUT2D eigenvalue weighted by Gasteiger charge is -2.59. The first kappa shape index (κ1) is 12.9. The molecule has 1 aromatic heterocycles. The zero-order valence-corrected chi connectivity index (χ0v) is 12.7. The Morgan fingerprint density at radius 1 is 1.10 bits per heavy atom. The lowest BCUT2D eigenvalue weighted by molar-refractivity contribution is -0.0603. The van der Waals surface area contributed by atoms with Gasteiger partial charge in [0.25, 0.3) is 0 Å². The topological polar surface area (TPSA) is 37.8 Å². The summed E-state index contributed by atoms with van der Waals surface area (Å²) in [5.74, 6) is 3.67. The molecule has 1 unspecified atom stereocenters. The standard InChI is InChI=1S/C16H22ClN3/c1-10(20-15-18-8-14(17)9-19-15)16-5-11-2-12(6-16)4-13(3-11)7-16/h8-13H,2-7H2,1H3,(H,18,19,20). The summed E-state index contributed by atoms with van der Waals surface area (Å²) in [4.78, 5) is 8.58. The van der Waals surface area contributed by atoms with Crippen LogP contribution in [0.4, 0.5) is 5.95 Å². The Hall–Kier alpha value is -0.830. The van der Waals surface area contributed by atoms with Crippen LogP contribution in [-0.4, -0.2) is 16.0 Å². The Labute approximate surface area is 125 Å². The maximum Gasteiger partial charge on any atom is 0.222 e. The minimum atomic E-state index is 0.456. The van der Waals surface area contributed by atoms with E-state index >= 15 is 0 Å². The number of rotatable bonds is 3. The van der Waals surface area contributed by atoms with Crippen LogP contribution in [0.5, 0.6) is 0 Å². The van der Waals surface area contributed by atoms with E-state index in [2.05, 4.69) is 22.2 Å². The Morgan fingerprint density at radius 3 is 2.10 bits per heavy atom. The van der Waals surface area contributed by atoms with Crippen molar-refractivity contribution in [2.75, 3.05) is 5.32 Å². The van der Waals surface area contributed by atoms with E-state index in [0.717, 1.165) is 23.7 Å². The van der Waals surface area contributed by atoms with Gasteiger partial charge in [0.2, 0.25) is 5.95 Å². The molecule has 1 heterocycles. The van der Waals surface area contributed by atoms with Crippen molar-refractivity contribution in [2.45, 2.75) is 51.5 Å². The van der Waals surface area contributed by atoms with Crippen molar-refractivity contribution < 1.29 is 0 Å². The van der Waals surface area contributed by atoms with E-state index in [-0.39, 0.29) is 0 Å². The molecule has 3 nitrogen and oxygen atoms in total. The second kappa shape index (κ2) is 4.59. The molecule has 0 amide bonds. The van der Waals surface area contributed by atoms with Crippen LogP contribution < -0.4 is 5.32 Å². The molecule has 4 fully saturated rings. The van der Waals surface area contributed by atoms with Crippen LogP contribution in [0.1, 0.15) is 45.4 Å². The molecule has 4 aliphatic carbocycles. The van der Waals surface area contributed by atoms with E-state index in [1.54, 1.807) is 12.4 Å². The van der Waals surface area contributed by atoms with Gasteiger partial charge in [0.05, 0.1) is 17.4 Å². The summed E-state index contributed by atoms with van der Waals surface area (Å²) in [5, 5.41) is 4.14. The fraction of sp³-hybridized carbons (Fsp3) is 0.750. The molecule has 0 aliphatic heterocycles. The number of hydrogen-bond donors (Lipinski definition) is 1. The molecule has 4 heteroatoms. The van der Waals surface area contributed by atoms with Gasteiger partial charge in [-0.3, -0.25) is 0 Å². The van der Waals surface area contributed by atoms with Crippen molar-refractivity contribution in [3.05, 3.63) is 17.4 Å². The minimum absolute atomic E-state index is 0.456. The van der Waals surface area contributed by atoms with Gasteiger partial charge in [-0.2, -0.15) is 0 Å². The molecule has 1 atom stereocenters. The minimum Gasteiger partial charge on any atom is -0.351 e. The Morgan fingerprint density at radius 2 is 1.60 bits per heavy atom. The van der Waals surface area contributed by atoms with E-state index in [4.69, 9.17) is 11.6 Å². The zero-order chi connectivity index (χ0) is 13.7. The molecule has 5 rings (SSSR count). The fourth-order valence-corrected chi connectivity index (χ4v) is 5.54. The zero-order valence-electron chi connectivity index (χ0n) is 12.0. The first-order chi connectivity index (χ1) is 9.63. The van der Waals surface area contributed by atoms with Crippen molar-refractivity contribution in [3.8, 4) is 0 Å². The van der Waals surface area contributed by atoms with Gasteiger partial charge in [0, 0.05) is 6.04 Å². The predicted molar refractivity (Wildman–Crippen MR) is 80.7 cm³/mol. The van der Waals surface area contributed by atoms with Crippen LogP contribution in [0.3, 0.4) is 0 Å². The Bertz CT molecular complexity index is 464. The molecule has 108 valence electrons. The van der Waals surface area contributed by atoms with Crippen molar-refractivity contribution in [3.63, 3.8) is 0 Å². The Kier molecular flexibility index (Phi) is 2.95. The fourth-order valence-electron chi connectivity index (χ4n) is 5.44. The lowest BCUT2D eigenvalue weighted by Crippen LogP contribution is -2.53. The van der Waals surface area contributed by atoms with Gasteiger partial charge in [0.1, 0.15) is 0 Å². The molecule has 1 aromatic rings. The average molecular weight is 292 g/mol. The molecule has 1 N–H and O–H groups in total. The van der Waals surface area contributed by atoms with Crippen LogP contribution in [0, 0.1) is 23.2 Å². The molecule has 4 saturated carbocycles. The Balaban J connectivity index is 1.53. The molecule has 20 heavy (non-hydrogen) atoms. The predicted octanol–water partition coefficient (Wildman–Crippen LogP) is 4.15.